The van der Waals surface area contributed by atoms with Gasteiger partial charge in [-0.15, -0.1) is 0 Å². The van der Waals surface area contributed by atoms with E-state index in [0.29, 0.717) is 6.04 Å². The maximum atomic E-state index is 6.32. The van der Waals surface area contributed by atoms with Gasteiger partial charge in [-0.05, 0) is 36.6 Å². The molecule has 0 spiro atoms. The lowest BCUT2D eigenvalue weighted by atomic mass is 9.80. The van der Waals surface area contributed by atoms with Crippen LogP contribution in [0.3, 0.4) is 0 Å². The summed E-state index contributed by atoms with van der Waals surface area (Å²) in [6.07, 6.45) is 0.993. The van der Waals surface area contributed by atoms with Crippen LogP contribution in [0, 0.1) is 5.41 Å². The van der Waals surface area contributed by atoms with Gasteiger partial charge in [0.15, 0.2) is 0 Å². The predicted octanol–water partition coefficient (Wildman–Crippen LogP) is 3.92. The van der Waals surface area contributed by atoms with Crippen LogP contribution in [0.25, 0.3) is 0 Å². The van der Waals surface area contributed by atoms with Crippen molar-refractivity contribution in [1.82, 2.24) is 4.90 Å². The third-order valence-corrected chi connectivity index (χ3v) is 3.84. The zero-order chi connectivity index (χ0) is 14.6. The van der Waals surface area contributed by atoms with E-state index < -0.39 is 0 Å². The first-order chi connectivity index (χ1) is 8.75. The zero-order valence-corrected chi connectivity index (χ0v) is 13.5. The highest BCUT2D eigenvalue weighted by molar-refractivity contribution is 6.30. The Bertz CT molecular complexity index is 381. The summed E-state index contributed by atoms with van der Waals surface area (Å²) in [6.45, 7) is 9.81. The fourth-order valence-corrected chi connectivity index (χ4v) is 2.96. The molecule has 0 fully saturated rings. The Hall–Kier alpha value is -0.570. The van der Waals surface area contributed by atoms with E-state index in [0.717, 1.165) is 18.0 Å². The van der Waals surface area contributed by atoms with Gasteiger partial charge in [-0.25, -0.2) is 0 Å². The average molecular weight is 283 g/mol. The monoisotopic (exact) mass is 282 g/mol. The highest BCUT2D eigenvalue weighted by Gasteiger charge is 2.32. The summed E-state index contributed by atoms with van der Waals surface area (Å²) in [6, 6.07) is 8.59. The van der Waals surface area contributed by atoms with Gasteiger partial charge in [0.2, 0.25) is 0 Å². The van der Waals surface area contributed by atoms with Gasteiger partial charge in [-0.3, -0.25) is 4.90 Å². The number of benzene rings is 1. The maximum absolute atomic E-state index is 6.32. The molecule has 1 rings (SSSR count). The van der Waals surface area contributed by atoms with Gasteiger partial charge < -0.3 is 5.73 Å². The summed E-state index contributed by atoms with van der Waals surface area (Å²) in [5.74, 6) is 0. The Kier molecular flexibility index (Phi) is 5.84. The summed E-state index contributed by atoms with van der Waals surface area (Å²) in [5.41, 5.74) is 7.75. The third-order valence-electron chi connectivity index (χ3n) is 3.58. The summed E-state index contributed by atoms with van der Waals surface area (Å²) in [7, 11) is 2.15. The van der Waals surface area contributed by atoms with Crippen LogP contribution in [0.5, 0.6) is 0 Å². The van der Waals surface area contributed by atoms with Crippen LogP contribution in [0.2, 0.25) is 5.02 Å². The molecule has 0 saturated heterocycles. The Labute approximate surface area is 122 Å². The van der Waals surface area contributed by atoms with Crippen LogP contribution >= 0.6 is 11.6 Å². The van der Waals surface area contributed by atoms with Gasteiger partial charge in [0.25, 0.3) is 0 Å². The Morgan fingerprint density at radius 2 is 1.74 bits per heavy atom. The number of likely N-dealkylation sites (N-methyl/N-ethyl adjacent to an activating group) is 1. The van der Waals surface area contributed by atoms with Crippen molar-refractivity contribution in [3.8, 4) is 0 Å². The lowest BCUT2D eigenvalue weighted by Crippen LogP contribution is -2.52. The number of nitrogens with zero attached hydrogens (tertiary/aromatic N) is 1. The molecule has 0 bridgehead atoms. The molecule has 0 aliphatic rings. The van der Waals surface area contributed by atoms with Crippen molar-refractivity contribution in [1.29, 1.82) is 0 Å². The smallest absolute Gasteiger partial charge is 0.0406 e. The molecule has 1 aromatic rings. The minimum Gasteiger partial charge on any atom is -0.326 e. The van der Waals surface area contributed by atoms with Crippen molar-refractivity contribution >= 4 is 11.6 Å². The van der Waals surface area contributed by atoms with Crippen LogP contribution in [0.15, 0.2) is 24.3 Å². The number of rotatable bonds is 5. The molecule has 2 unspecified atom stereocenters. The molecule has 2 atom stereocenters. The SMILES string of the molecule is CCC(N)C(N(C)Cc1ccc(Cl)cc1)C(C)(C)C. The van der Waals surface area contributed by atoms with Gasteiger partial charge in [-0.1, -0.05) is 51.4 Å². The minimum atomic E-state index is 0.163. The summed E-state index contributed by atoms with van der Waals surface area (Å²) < 4.78 is 0. The van der Waals surface area contributed by atoms with E-state index in [1.165, 1.54) is 5.56 Å². The number of hydrogen-bond acceptors (Lipinski definition) is 2. The summed E-state index contributed by atoms with van der Waals surface area (Å²) >= 11 is 5.92. The van der Waals surface area contributed by atoms with Crippen molar-refractivity contribution in [3.63, 3.8) is 0 Å². The van der Waals surface area contributed by atoms with Gasteiger partial charge in [0.05, 0.1) is 0 Å². The van der Waals surface area contributed by atoms with Crippen LogP contribution < -0.4 is 5.73 Å². The van der Waals surface area contributed by atoms with Crippen molar-refractivity contribution < 1.29 is 0 Å². The summed E-state index contributed by atoms with van der Waals surface area (Å²) in [5, 5.41) is 0.782. The molecular formula is C16H27ClN2. The minimum absolute atomic E-state index is 0.163. The normalized spacial score (nSPS) is 15.6. The number of hydrogen-bond donors (Lipinski definition) is 1. The van der Waals surface area contributed by atoms with Gasteiger partial charge in [-0.2, -0.15) is 0 Å². The van der Waals surface area contributed by atoms with Gasteiger partial charge in [0.1, 0.15) is 0 Å². The second-order valence-corrected chi connectivity index (χ2v) is 6.86. The topological polar surface area (TPSA) is 29.3 Å². The lowest BCUT2D eigenvalue weighted by molar-refractivity contribution is 0.0939. The van der Waals surface area contributed by atoms with Crippen LogP contribution in [-0.2, 0) is 6.54 Å². The predicted molar refractivity (Wildman–Crippen MR) is 84.4 cm³/mol. The lowest BCUT2D eigenvalue weighted by Gasteiger charge is -2.41. The summed E-state index contributed by atoms with van der Waals surface area (Å²) in [4.78, 5) is 2.36. The van der Waals surface area contributed by atoms with Crippen LogP contribution in [0.4, 0.5) is 0 Å². The fraction of sp³-hybridized carbons (Fsp3) is 0.625. The maximum Gasteiger partial charge on any atom is 0.0406 e. The Morgan fingerprint density at radius 3 is 2.16 bits per heavy atom. The molecule has 0 saturated carbocycles. The molecule has 3 heteroatoms. The molecule has 2 N–H and O–H groups in total. The number of nitrogens with two attached hydrogens (primary N) is 1. The van der Waals surface area contributed by atoms with E-state index in [1.54, 1.807) is 0 Å². The third kappa shape index (κ3) is 4.79. The quantitative estimate of drug-likeness (QED) is 0.887. The zero-order valence-electron chi connectivity index (χ0n) is 12.8. The van der Waals surface area contributed by atoms with E-state index in [1.807, 2.05) is 12.1 Å². The second-order valence-electron chi connectivity index (χ2n) is 6.42. The second kappa shape index (κ2) is 6.74. The first kappa shape index (κ1) is 16.5. The van der Waals surface area contributed by atoms with Crippen molar-refractivity contribution in [3.05, 3.63) is 34.9 Å². The molecule has 1 aromatic carbocycles. The molecule has 2 nitrogen and oxygen atoms in total. The van der Waals surface area contributed by atoms with Gasteiger partial charge in [0, 0.05) is 23.7 Å². The molecule has 19 heavy (non-hydrogen) atoms. The van der Waals surface area contributed by atoms with E-state index in [9.17, 15) is 0 Å². The first-order valence-electron chi connectivity index (χ1n) is 6.96. The van der Waals surface area contributed by atoms with Crippen LogP contribution in [0.1, 0.15) is 39.7 Å². The molecule has 108 valence electrons. The standard InChI is InChI=1S/C16H27ClN2/c1-6-14(18)15(16(2,3)4)19(5)11-12-7-9-13(17)10-8-12/h7-10,14-15H,6,11,18H2,1-5H3. The molecule has 0 radical (unpaired) electrons. The molecule has 0 aliphatic carbocycles. The van der Waals surface area contributed by atoms with Crippen molar-refractivity contribution in [2.75, 3.05) is 7.05 Å². The Morgan fingerprint density at radius 1 is 1.21 bits per heavy atom. The highest BCUT2D eigenvalue weighted by atomic mass is 35.5. The Balaban J connectivity index is 2.82. The molecule has 0 heterocycles. The highest BCUT2D eigenvalue weighted by Crippen LogP contribution is 2.28. The van der Waals surface area contributed by atoms with Crippen molar-refractivity contribution in [2.24, 2.45) is 11.1 Å². The van der Waals surface area contributed by atoms with E-state index in [-0.39, 0.29) is 11.5 Å². The molecule has 0 aliphatic heterocycles. The van der Waals surface area contributed by atoms with E-state index >= 15 is 0 Å². The van der Waals surface area contributed by atoms with Crippen molar-refractivity contribution in [2.45, 2.75) is 52.7 Å². The van der Waals surface area contributed by atoms with Crippen LogP contribution in [-0.4, -0.2) is 24.0 Å². The average Bonchev–Trinajstić information content (AvgIpc) is 2.30. The molecular weight excluding hydrogens is 256 g/mol. The first-order valence-corrected chi connectivity index (χ1v) is 7.33. The van der Waals surface area contributed by atoms with E-state index in [4.69, 9.17) is 17.3 Å². The fourth-order valence-electron chi connectivity index (χ4n) is 2.83. The van der Waals surface area contributed by atoms with E-state index in [2.05, 4.69) is 51.8 Å². The molecule has 0 aromatic heterocycles. The number of halogens is 1. The largest absolute Gasteiger partial charge is 0.326 e. The molecule has 0 amide bonds. The van der Waals surface area contributed by atoms with Gasteiger partial charge >= 0.3 is 0 Å².